The number of aromatic nitrogens is 1. The average molecular weight is 228 g/mol. The Morgan fingerprint density at radius 2 is 2.24 bits per heavy atom. The molecule has 0 aliphatic rings. The van der Waals surface area contributed by atoms with E-state index in [9.17, 15) is 4.79 Å². The summed E-state index contributed by atoms with van der Waals surface area (Å²) >= 11 is 0. The summed E-state index contributed by atoms with van der Waals surface area (Å²) in [6.45, 7) is 0.956. The molecule has 0 saturated carbocycles. The van der Waals surface area contributed by atoms with Crippen LogP contribution in [0.3, 0.4) is 0 Å². The summed E-state index contributed by atoms with van der Waals surface area (Å²) in [5.74, 6) is 0. The van der Waals surface area contributed by atoms with Gasteiger partial charge in [-0.1, -0.05) is 24.3 Å². The van der Waals surface area contributed by atoms with Crippen LogP contribution in [-0.2, 0) is 0 Å². The summed E-state index contributed by atoms with van der Waals surface area (Å²) < 4.78 is 0. The lowest BCUT2D eigenvalue weighted by molar-refractivity contribution is 0.809. The minimum atomic E-state index is 0.0595. The fourth-order valence-electron chi connectivity index (χ4n) is 1.80. The summed E-state index contributed by atoms with van der Waals surface area (Å²) in [6, 6.07) is 7.32. The van der Waals surface area contributed by atoms with Gasteiger partial charge in [-0.15, -0.1) is 0 Å². The van der Waals surface area contributed by atoms with Crippen LogP contribution in [0.25, 0.3) is 17.0 Å². The van der Waals surface area contributed by atoms with Crippen LogP contribution in [0.1, 0.15) is 12.0 Å². The molecule has 0 unspecified atom stereocenters. The molecule has 88 valence electrons. The zero-order valence-corrected chi connectivity index (χ0v) is 9.86. The van der Waals surface area contributed by atoms with Gasteiger partial charge < -0.3 is 10.3 Å². The molecule has 0 aliphatic carbocycles. The summed E-state index contributed by atoms with van der Waals surface area (Å²) in [6.07, 6.45) is 6.83. The third-order valence-corrected chi connectivity index (χ3v) is 2.68. The van der Waals surface area contributed by atoms with E-state index < -0.39 is 0 Å². The van der Waals surface area contributed by atoms with E-state index in [1.807, 2.05) is 25.2 Å². The minimum absolute atomic E-state index is 0.0595. The molecule has 2 rings (SSSR count). The number of hydrogen-bond donors (Lipinski definition) is 2. The van der Waals surface area contributed by atoms with E-state index >= 15 is 0 Å². The van der Waals surface area contributed by atoms with Gasteiger partial charge in [0.1, 0.15) is 0 Å². The fourth-order valence-corrected chi connectivity index (χ4v) is 1.80. The highest BCUT2D eigenvalue weighted by Gasteiger charge is 2.00. The molecule has 0 radical (unpaired) electrons. The number of para-hydroxylation sites is 1. The Kier molecular flexibility index (Phi) is 3.73. The molecule has 0 fully saturated rings. The van der Waals surface area contributed by atoms with Crippen LogP contribution in [0.15, 0.2) is 41.3 Å². The largest absolute Gasteiger partial charge is 0.360 e. The first-order chi connectivity index (χ1) is 8.33. The number of rotatable bonds is 4. The van der Waals surface area contributed by atoms with E-state index in [1.165, 1.54) is 0 Å². The third kappa shape index (κ3) is 2.63. The molecule has 0 spiro atoms. The quantitative estimate of drug-likeness (QED) is 0.788. The molecule has 0 amide bonds. The normalized spacial score (nSPS) is 11.4. The van der Waals surface area contributed by atoms with E-state index in [-0.39, 0.29) is 5.43 Å². The summed E-state index contributed by atoms with van der Waals surface area (Å²) in [4.78, 5) is 14.8. The average Bonchev–Trinajstić information content (AvgIpc) is 2.36. The van der Waals surface area contributed by atoms with Crippen molar-refractivity contribution in [3.63, 3.8) is 0 Å². The Hall–Kier alpha value is -1.87. The van der Waals surface area contributed by atoms with Crippen molar-refractivity contribution in [2.75, 3.05) is 13.6 Å². The van der Waals surface area contributed by atoms with Crippen LogP contribution in [-0.4, -0.2) is 18.6 Å². The maximum absolute atomic E-state index is 11.7. The Labute approximate surface area is 100 Å². The number of hydrogen-bond acceptors (Lipinski definition) is 2. The van der Waals surface area contributed by atoms with Crippen LogP contribution in [0.2, 0.25) is 0 Å². The third-order valence-electron chi connectivity index (χ3n) is 2.68. The predicted octanol–water partition coefficient (Wildman–Crippen LogP) is 2.15. The Bertz CT molecular complexity index is 584. The topological polar surface area (TPSA) is 44.9 Å². The van der Waals surface area contributed by atoms with Gasteiger partial charge in [0.2, 0.25) is 0 Å². The Morgan fingerprint density at radius 1 is 1.35 bits per heavy atom. The fraction of sp³-hybridized carbons (Fsp3) is 0.214. The highest BCUT2D eigenvalue weighted by atomic mass is 16.1. The first-order valence-corrected chi connectivity index (χ1v) is 5.74. The lowest BCUT2D eigenvalue weighted by Gasteiger charge is -2.01. The lowest BCUT2D eigenvalue weighted by Crippen LogP contribution is -2.05. The molecule has 2 aromatic rings. The van der Waals surface area contributed by atoms with Gasteiger partial charge in [-0.25, -0.2) is 0 Å². The monoisotopic (exact) mass is 228 g/mol. The molecule has 1 heterocycles. The van der Waals surface area contributed by atoms with Crippen molar-refractivity contribution in [3.05, 3.63) is 52.3 Å². The highest BCUT2D eigenvalue weighted by Crippen LogP contribution is 2.14. The second kappa shape index (κ2) is 5.46. The van der Waals surface area contributed by atoms with Crippen LogP contribution in [0.5, 0.6) is 0 Å². The predicted molar refractivity (Wildman–Crippen MR) is 72.1 cm³/mol. The molecule has 3 nitrogen and oxygen atoms in total. The molecule has 0 bridgehead atoms. The molecule has 3 heteroatoms. The summed E-state index contributed by atoms with van der Waals surface area (Å²) in [7, 11) is 1.93. The van der Waals surface area contributed by atoms with Crippen molar-refractivity contribution in [3.8, 4) is 0 Å². The van der Waals surface area contributed by atoms with Crippen molar-refractivity contribution >= 4 is 17.0 Å². The van der Waals surface area contributed by atoms with E-state index in [2.05, 4.69) is 22.5 Å². The zero-order valence-electron chi connectivity index (χ0n) is 9.86. The number of pyridine rings is 1. The van der Waals surface area contributed by atoms with Crippen molar-refractivity contribution in [1.29, 1.82) is 0 Å². The number of aromatic amines is 1. The Morgan fingerprint density at radius 3 is 3.06 bits per heavy atom. The van der Waals surface area contributed by atoms with Crippen molar-refractivity contribution in [2.45, 2.75) is 6.42 Å². The maximum Gasteiger partial charge on any atom is 0.189 e. The second-order valence-corrected chi connectivity index (χ2v) is 3.91. The highest BCUT2D eigenvalue weighted by molar-refractivity contribution is 5.86. The molecule has 0 saturated heterocycles. The van der Waals surface area contributed by atoms with E-state index in [1.54, 1.807) is 12.3 Å². The van der Waals surface area contributed by atoms with Crippen molar-refractivity contribution in [1.82, 2.24) is 10.3 Å². The van der Waals surface area contributed by atoms with Gasteiger partial charge >= 0.3 is 0 Å². The van der Waals surface area contributed by atoms with E-state index in [0.29, 0.717) is 0 Å². The molecule has 17 heavy (non-hydrogen) atoms. The summed E-state index contributed by atoms with van der Waals surface area (Å²) in [5, 5.41) is 3.83. The molecule has 0 aliphatic heterocycles. The number of benzene rings is 1. The zero-order chi connectivity index (χ0) is 12.1. The van der Waals surface area contributed by atoms with Crippen LogP contribution < -0.4 is 10.7 Å². The van der Waals surface area contributed by atoms with Gasteiger partial charge in [-0.2, -0.15) is 0 Å². The first-order valence-electron chi connectivity index (χ1n) is 5.74. The molecule has 1 aromatic carbocycles. The standard InChI is InChI=1S/C14H16N2O/c1-15-9-3-2-5-11-6-4-7-12-13(17)8-10-16-14(11)12/h2,4-8,10,15H,3,9H2,1H3,(H,16,17). The van der Waals surface area contributed by atoms with Crippen LogP contribution in [0, 0.1) is 0 Å². The van der Waals surface area contributed by atoms with Gasteiger partial charge in [0, 0.05) is 17.6 Å². The second-order valence-electron chi connectivity index (χ2n) is 3.91. The molecule has 1 aromatic heterocycles. The Balaban J connectivity index is 2.38. The SMILES string of the molecule is CNCCC=Cc1cccc2c(=O)cc[nH]c12. The molecular weight excluding hydrogens is 212 g/mol. The number of H-pyrrole nitrogens is 1. The van der Waals surface area contributed by atoms with Gasteiger partial charge in [-0.3, -0.25) is 4.79 Å². The van der Waals surface area contributed by atoms with E-state index in [4.69, 9.17) is 0 Å². The minimum Gasteiger partial charge on any atom is -0.360 e. The van der Waals surface area contributed by atoms with E-state index in [0.717, 1.165) is 29.4 Å². The molecule has 0 atom stereocenters. The summed E-state index contributed by atoms with van der Waals surface area (Å²) in [5.41, 5.74) is 2.02. The van der Waals surface area contributed by atoms with Crippen molar-refractivity contribution in [2.24, 2.45) is 0 Å². The smallest absolute Gasteiger partial charge is 0.189 e. The van der Waals surface area contributed by atoms with Gasteiger partial charge in [0.05, 0.1) is 5.52 Å². The molecule has 2 N–H and O–H groups in total. The van der Waals surface area contributed by atoms with Crippen molar-refractivity contribution < 1.29 is 0 Å². The number of nitrogens with one attached hydrogen (secondary N) is 2. The lowest BCUT2D eigenvalue weighted by atomic mass is 10.1. The molecular formula is C14H16N2O. The maximum atomic E-state index is 11.7. The first kappa shape index (κ1) is 11.6. The number of fused-ring (bicyclic) bond motifs is 1. The van der Waals surface area contributed by atoms with Crippen LogP contribution in [0.4, 0.5) is 0 Å². The van der Waals surface area contributed by atoms with Crippen LogP contribution >= 0.6 is 0 Å². The van der Waals surface area contributed by atoms with Gasteiger partial charge in [0.25, 0.3) is 0 Å². The van der Waals surface area contributed by atoms with Gasteiger partial charge in [0.15, 0.2) is 5.43 Å². The van der Waals surface area contributed by atoms with Gasteiger partial charge in [-0.05, 0) is 31.6 Å².